The molecule has 64 valence electrons. The largest absolute Gasteiger partial charge is 0.383 e. The molecule has 2 N–H and O–H groups in total. The van der Waals surface area contributed by atoms with Gasteiger partial charge in [-0.15, -0.1) is 11.8 Å². The van der Waals surface area contributed by atoms with Gasteiger partial charge in [0.15, 0.2) is 0 Å². The number of thioether (sulfide) groups is 1. The van der Waals surface area contributed by atoms with Crippen LogP contribution in [0, 0.1) is 0 Å². The van der Waals surface area contributed by atoms with Crippen molar-refractivity contribution >= 4 is 11.8 Å². The molecule has 1 atom stereocenters. The minimum absolute atomic E-state index is 0.479. The molecule has 0 amide bonds. The molecule has 2 aliphatic rings. The Hall–Kier alpha value is -0.830. The summed E-state index contributed by atoms with van der Waals surface area (Å²) in [6, 6.07) is 0.479. The Bertz CT molecular complexity index is 243. The van der Waals surface area contributed by atoms with Crippen LogP contribution in [0.4, 0.5) is 0 Å². The maximum atomic E-state index is 3.33. The van der Waals surface area contributed by atoms with Crippen molar-refractivity contribution in [3.8, 4) is 0 Å². The third-order valence-electron chi connectivity index (χ3n) is 2.00. The Morgan fingerprint density at radius 2 is 2.42 bits per heavy atom. The van der Waals surface area contributed by atoms with E-state index in [1.54, 1.807) is 11.8 Å². The minimum Gasteiger partial charge on any atom is -0.383 e. The zero-order valence-corrected chi connectivity index (χ0v) is 7.60. The lowest BCUT2D eigenvalue weighted by molar-refractivity contribution is 0.571. The molecule has 0 aromatic heterocycles. The summed E-state index contributed by atoms with van der Waals surface area (Å²) in [5.41, 5.74) is 1.28. The molecular formula is C9H12N2S. The molecule has 2 rings (SSSR count). The molecule has 0 aromatic rings. The molecule has 1 unspecified atom stereocenters. The second-order valence-electron chi connectivity index (χ2n) is 2.86. The van der Waals surface area contributed by atoms with E-state index < -0.39 is 0 Å². The average molecular weight is 180 g/mol. The van der Waals surface area contributed by atoms with Crippen LogP contribution in [0.3, 0.4) is 0 Å². The summed E-state index contributed by atoms with van der Waals surface area (Å²) in [7, 11) is 0. The molecule has 12 heavy (non-hydrogen) atoms. The predicted octanol–water partition coefficient (Wildman–Crippen LogP) is 1.90. The van der Waals surface area contributed by atoms with Crippen LogP contribution in [0.2, 0.25) is 0 Å². The van der Waals surface area contributed by atoms with E-state index in [9.17, 15) is 0 Å². The Morgan fingerprint density at radius 1 is 1.42 bits per heavy atom. The summed E-state index contributed by atoms with van der Waals surface area (Å²) in [5.74, 6) is 0. The van der Waals surface area contributed by atoms with E-state index in [-0.39, 0.29) is 0 Å². The van der Waals surface area contributed by atoms with E-state index in [0.717, 1.165) is 0 Å². The Kier molecular flexibility index (Phi) is 2.42. The van der Waals surface area contributed by atoms with Gasteiger partial charge in [-0.1, -0.05) is 6.08 Å². The number of hydrogen-bond acceptors (Lipinski definition) is 3. The van der Waals surface area contributed by atoms with Crippen LogP contribution >= 0.6 is 11.8 Å². The van der Waals surface area contributed by atoms with Crippen molar-refractivity contribution in [3.63, 3.8) is 0 Å². The van der Waals surface area contributed by atoms with E-state index in [4.69, 9.17) is 0 Å². The second-order valence-corrected chi connectivity index (χ2v) is 3.64. The topological polar surface area (TPSA) is 24.1 Å². The maximum absolute atomic E-state index is 3.33. The van der Waals surface area contributed by atoms with Crippen LogP contribution in [0.25, 0.3) is 0 Å². The average Bonchev–Trinajstić information content (AvgIpc) is 2.21. The highest BCUT2D eigenvalue weighted by Gasteiger charge is 2.14. The quantitative estimate of drug-likeness (QED) is 0.644. The second kappa shape index (κ2) is 3.72. The third-order valence-corrected chi connectivity index (χ3v) is 2.69. The Morgan fingerprint density at radius 3 is 3.08 bits per heavy atom. The van der Waals surface area contributed by atoms with Crippen LogP contribution in [0.15, 0.2) is 35.0 Å². The van der Waals surface area contributed by atoms with Crippen molar-refractivity contribution in [1.82, 2.24) is 10.6 Å². The predicted molar refractivity (Wildman–Crippen MR) is 53.2 cm³/mol. The zero-order valence-electron chi connectivity index (χ0n) is 6.79. The number of hydrogen-bond donors (Lipinski definition) is 2. The minimum atomic E-state index is 0.479. The highest BCUT2D eigenvalue weighted by molar-refractivity contribution is 8.04. The van der Waals surface area contributed by atoms with Gasteiger partial charge in [-0.2, -0.15) is 0 Å². The molecule has 0 saturated heterocycles. The first-order valence-corrected chi connectivity index (χ1v) is 5.09. The van der Waals surface area contributed by atoms with Crippen molar-refractivity contribution in [2.75, 3.05) is 0 Å². The van der Waals surface area contributed by atoms with Crippen LogP contribution in [-0.4, -0.2) is 6.04 Å². The first-order valence-electron chi connectivity index (χ1n) is 4.15. The van der Waals surface area contributed by atoms with Gasteiger partial charge in [0.25, 0.3) is 0 Å². The Balaban J connectivity index is 1.99. The molecule has 2 aliphatic heterocycles. The van der Waals surface area contributed by atoms with Crippen molar-refractivity contribution in [1.29, 1.82) is 0 Å². The standard InChI is InChI=1S/C9H12N2S/c1-2-4-10-8(3-1)9-7-12-6-5-11-9/h2,4-8,10-11H,1,3H2. The van der Waals surface area contributed by atoms with Crippen LogP contribution in [-0.2, 0) is 0 Å². The Labute approximate surface area is 76.8 Å². The van der Waals surface area contributed by atoms with Crippen LogP contribution in [0.1, 0.15) is 12.8 Å². The lowest BCUT2D eigenvalue weighted by Gasteiger charge is -2.24. The van der Waals surface area contributed by atoms with E-state index in [1.165, 1.54) is 18.5 Å². The van der Waals surface area contributed by atoms with Gasteiger partial charge in [-0.3, -0.25) is 0 Å². The fourth-order valence-corrected chi connectivity index (χ4v) is 1.96. The van der Waals surface area contributed by atoms with Crippen LogP contribution in [0.5, 0.6) is 0 Å². The molecule has 0 aromatic carbocycles. The summed E-state index contributed by atoms with van der Waals surface area (Å²) in [5, 5.41) is 10.8. The smallest absolute Gasteiger partial charge is 0.0665 e. The number of allylic oxidation sites excluding steroid dienone is 1. The monoisotopic (exact) mass is 180 g/mol. The van der Waals surface area contributed by atoms with Gasteiger partial charge in [0.2, 0.25) is 0 Å². The molecular weight excluding hydrogens is 168 g/mol. The first-order chi connectivity index (χ1) is 5.97. The van der Waals surface area contributed by atoms with Gasteiger partial charge in [0, 0.05) is 11.9 Å². The highest BCUT2D eigenvalue weighted by atomic mass is 32.2. The summed E-state index contributed by atoms with van der Waals surface area (Å²) in [4.78, 5) is 0. The fourth-order valence-electron chi connectivity index (χ4n) is 1.36. The number of nitrogens with one attached hydrogen (secondary N) is 2. The first kappa shape index (κ1) is 7.80. The summed E-state index contributed by atoms with van der Waals surface area (Å²) >= 11 is 1.73. The molecule has 0 bridgehead atoms. The molecule has 2 heterocycles. The molecule has 3 heteroatoms. The summed E-state index contributed by atoms with van der Waals surface area (Å²) < 4.78 is 0. The summed E-state index contributed by atoms with van der Waals surface area (Å²) in [6.45, 7) is 0. The highest BCUT2D eigenvalue weighted by Crippen LogP contribution is 2.18. The molecule has 0 fully saturated rings. The van der Waals surface area contributed by atoms with Gasteiger partial charge in [-0.05, 0) is 29.9 Å². The molecule has 0 aliphatic carbocycles. The van der Waals surface area contributed by atoms with Crippen molar-refractivity contribution < 1.29 is 0 Å². The van der Waals surface area contributed by atoms with Gasteiger partial charge >= 0.3 is 0 Å². The maximum Gasteiger partial charge on any atom is 0.0665 e. The van der Waals surface area contributed by atoms with E-state index >= 15 is 0 Å². The van der Waals surface area contributed by atoms with Crippen molar-refractivity contribution in [3.05, 3.63) is 35.0 Å². The van der Waals surface area contributed by atoms with Gasteiger partial charge < -0.3 is 10.6 Å². The fraction of sp³-hybridized carbons (Fsp3) is 0.333. The molecule has 0 saturated carbocycles. The lowest BCUT2D eigenvalue weighted by atomic mass is 10.1. The van der Waals surface area contributed by atoms with Gasteiger partial charge in [0.05, 0.1) is 6.04 Å². The van der Waals surface area contributed by atoms with E-state index in [2.05, 4.69) is 22.1 Å². The SMILES string of the molecule is C1=CNC(C2=CSC=CN2)CC1. The number of rotatable bonds is 1. The van der Waals surface area contributed by atoms with Gasteiger partial charge in [-0.25, -0.2) is 0 Å². The van der Waals surface area contributed by atoms with Crippen molar-refractivity contribution in [2.24, 2.45) is 0 Å². The van der Waals surface area contributed by atoms with E-state index in [0.29, 0.717) is 6.04 Å². The third kappa shape index (κ3) is 1.67. The molecule has 0 radical (unpaired) electrons. The zero-order chi connectivity index (χ0) is 8.23. The summed E-state index contributed by atoms with van der Waals surface area (Å²) in [6.07, 6.45) is 8.55. The normalized spacial score (nSPS) is 27.3. The molecule has 2 nitrogen and oxygen atoms in total. The van der Waals surface area contributed by atoms with Crippen molar-refractivity contribution in [2.45, 2.75) is 18.9 Å². The lowest BCUT2D eigenvalue weighted by Crippen LogP contribution is -2.33. The van der Waals surface area contributed by atoms with E-state index in [1.807, 2.05) is 17.8 Å². The molecule has 0 spiro atoms. The van der Waals surface area contributed by atoms with Gasteiger partial charge in [0.1, 0.15) is 0 Å². The van der Waals surface area contributed by atoms with Crippen LogP contribution < -0.4 is 10.6 Å².